The van der Waals surface area contributed by atoms with Crippen LogP contribution < -0.4 is 16.8 Å². The maximum absolute atomic E-state index is 11.2. The van der Waals surface area contributed by atoms with E-state index in [2.05, 4.69) is 27.1 Å². The van der Waals surface area contributed by atoms with Crippen LogP contribution in [0.3, 0.4) is 0 Å². The number of hydrogen-bond acceptors (Lipinski definition) is 6. The van der Waals surface area contributed by atoms with E-state index in [0.29, 0.717) is 17.1 Å². The van der Waals surface area contributed by atoms with Gasteiger partial charge in [0.15, 0.2) is 0 Å². The number of anilines is 1. The zero-order chi connectivity index (χ0) is 24.7. The molecular weight excluding hydrogens is 428 g/mol. The first kappa shape index (κ1) is 24.2. The van der Waals surface area contributed by atoms with Gasteiger partial charge in [0.1, 0.15) is 23.4 Å². The smallest absolute Gasteiger partial charge is 0.248 e. The number of carbonyl (C=O) groups is 2. The number of imidazole rings is 1. The van der Waals surface area contributed by atoms with Gasteiger partial charge in [0, 0.05) is 22.9 Å². The zero-order valence-electron chi connectivity index (χ0n) is 19.2. The van der Waals surface area contributed by atoms with Crippen LogP contribution in [0.2, 0.25) is 0 Å². The number of aromatic nitrogens is 3. The average molecular weight is 455 g/mol. The Balaban J connectivity index is 0.000000481. The molecule has 0 spiro atoms. The number of nitrogens with zero attached hydrogens (tertiary/aromatic N) is 3. The number of amides is 1. The maximum Gasteiger partial charge on any atom is 0.248 e. The first-order valence-corrected chi connectivity index (χ1v) is 10.6. The molecule has 3 heterocycles. The molecule has 8 heteroatoms. The van der Waals surface area contributed by atoms with E-state index in [-0.39, 0.29) is 6.04 Å². The van der Waals surface area contributed by atoms with Crippen LogP contribution in [-0.2, 0) is 4.79 Å². The molecule has 0 aliphatic rings. The van der Waals surface area contributed by atoms with Crippen molar-refractivity contribution >= 4 is 23.7 Å². The summed E-state index contributed by atoms with van der Waals surface area (Å²) in [5.74, 6) is 6.10. The van der Waals surface area contributed by atoms with Crippen LogP contribution in [0, 0.1) is 18.8 Å². The quantitative estimate of drug-likeness (QED) is 0.321. The first-order chi connectivity index (χ1) is 16.3. The Morgan fingerprint density at radius 2 is 1.82 bits per heavy atom. The molecular formula is C26H26N6O2. The van der Waals surface area contributed by atoms with Gasteiger partial charge < -0.3 is 21.6 Å². The third-order valence-electron chi connectivity index (χ3n) is 5.03. The van der Waals surface area contributed by atoms with Crippen molar-refractivity contribution in [2.24, 2.45) is 5.73 Å². The number of benzene rings is 1. The van der Waals surface area contributed by atoms with Gasteiger partial charge in [-0.2, -0.15) is 0 Å². The number of aryl methyl sites for hydroxylation is 1. The number of carbonyl (C=O) groups excluding carboxylic acids is 2. The van der Waals surface area contributed by atoms with Crippen molar-refractivity contribution < 1.29 is 9.59 Å². The van der Waals surface area contributed by atoms with E-state index in [1.165, 1.54) is 0 Å². The van der Waals surface area contributed by atoms with E-state index in [1.807, 2.05) is 41.8 Å². The highest BCUT2D eigenvalue weighted by Gasteiger charge is 2.14. The summed E-state index contributed by atoms with van der Waals surface area (Å²) < 4.78 is 2.01. The molecule has 4 rings (SSSR count). The van der Waals surface area contributed by atoms with Crippen molar-refractivity contribution in [1.29, 1.82) is 0 Å². The molecule has 0 fully saturated rings. The summed E-state index contributed by atoms with van der Waals surface area (Å²) in [5, 5.41) is 2.75. The minimum absolute atomic E-state index is 0.00463. The van der Waals surface area contributed by atoms with E-state index in [1.54, 1.807) is 44.3 Å². The highest BCUT2D eigenvalue weighted by atomic mass is 16.1. The lowest BCUT2D eigenvalue weighted by Crippen LogP contribution is -2.21. The first-order valence-electron chi connectivity index (χ1n) is 10.6. The molecule has 0 saturated heterocycles. The number of fused-ring (bicyclic) bond motifs is 1. The van der Waals surface area contributed by atoms with Crippen LogP contribution in [0.1, 0.15) is 34.2 Å². The molecule has 34 heavy (non-hydrogen) atoms. The molecule has 1 unspecified atom stereocenters. The highest BCUT2D eigenvalue weighted by molar-refractivity contribution is 5.92. The van der Waals surface area contributed by atoms with E-state index in [4.69, 9.17) is 11.5 Å². The molecule has 0 aliphatic heterocycles. The van der Waals surface area contributed by atoms with Crippen LogP contribution in [0.5, 0.6) is 0 Å². The van der Waals surface area contributed by atoms with Gasteiger partial charge in [-0.15, -0.1) is 0 Å². The average Bonchev–Trinajstić information content (AvgIpc) is 3.18. The standard InChI is InChI=1S/C22H17N5O.C4H9NO/c1-14-21(27-13-3-2-4-20(27)25-14)17-10-12-19(23)26-18(17)11-7-15-5-8-16(9-6-15)22(24)28;1-4(3-6)5-2/h2-6,8-10,12-13H,1H3,(H2,23,26)(H2,24,28);3-5H,1-2H3. The number of hydrogen-bond donors (Lipinski definition) is 3. The molecule has 0 aliphatic carbocycles. The molecule has 1 aromatic carbocycles. The fourth-order valence-electron chi connectivity index (χ4n) is 3.12. The summed E-state index contributed by atoms with van der Waals surface area (Å²) in [7, 11) is 1.75. The Morgan fingerprint density at radius 1 is 1.09 bits per heavy atom. The van der Waals surface area contributed by atoms with E-state index in [0.717, 1.165) is 34.4 Å². The van der Waals surface area contributed by atoms with Crippen LogP contribution >= 0.6 is 0 Å². The monoisotopic (exact) mass is 454 g/mol. The van der Waals surface area contributed by atoms with Gasteiger partial charge in [0.25, 0.3) is 0 Å². The van der Waals surface area contributed by atoms with Crippen molar-refractivity contribution in [3.63, 3.8) is 0 Å². The van der Waals surface area contributed by atoms with E-state index in [9.17, 15) is 9.59 Å². The molecule has 4 aromatic rings. The molecule has 5 N–H and O–H groups in total. The highest BCUT2D eigenvalue weighted by Crippen LogP contribution is 2.27. The summed E-state index contributed by atoms with van der Waals surface area (Å²) in [5.41, 5.74) is 16.4. The Morgan fingerprint density at radius 3 is 2.44 bits per heavy atom. The number of nitrogen functional groups attached to an aromatic ring is 1. The number of rotatable bonds is 4. The van der Waals surface area contributed by atoms with E-state index >= 15 is 0 Å². The lowest BCUT2D eigenvalue weighted by Gasteiger charge is -2.06. The van der Waals surface area contributed by atoms with Crippen LogP contribution in [0.4, 0.5) is 5.82 Å². The van der Waals surface area contributed by atoms with Crippen LogP contribution in [0.25, 0.3) is 16.9 Å². The Kier molecular flexibility index (Phi) is 7.75. The molecule has 0 bridgehead atoms. The maximum atomic E-state index is 11.2. The third-order valence-corrected chi connectivity index (χ3v) is 5.03. The summed E-state index contributed by atoms with van der Waals surface area (Å²) >= 11 is 0. The summed E-state index contributed by atoms with van der Waals surface area (Å²) in [4.78, 5) is 29.9. The predicted octanol–water partition coefficient (Wildman–Crippen LogP) is 2.58. The Hall–Kier alpha value is -4.48. The second kappa shape index (κ2) is 10.9. The molecule has 1 atom stereocenters. The summed E-state index contributed by atoms with van der Waals surface area (Å²) in [6.07, 6.45) is 2.82. The Labute approximate surface area is 198 Å². The van der Waals surface area contributed by atoms with Gasteiger partial charge in [0.2, 0.25) is 5.91 Å². The lowest BCUT2D eigenvalue weighted by atomic mass is 10.1. The number of pyridine rings is 2. The van der Waals surface area contributed by atoms with Crippen LogP contribution in [-0.4, -0.2) is 39.7 Å². The zero-order valence-corrected chi connectivity index (χ0v) is 19.2. The molecule has 1 amide bonds. The van der Waals surface area contributed by atoms with Crippen molar-refractivity contribution in [3.05, 3.63) is 83.3 Å². The molecule has 8 nitrogen and oxygen atoms in total. The van der Waals surface area contributed by atoms with E-state index < -0.39 is 5.91 Å². The van der Waals surface area contributed by atoms with Gasteiger partial charge in [0.05, 0.1) is 17.4 Å². The van der Waals surface area contributed by atoms with Gasteiger partial charge >= 0.3 is 0 Å². The summed E-state index contributed by atoms with van der Waals surface area (Å²) in [6.45, 7) is 3.76. The molecule has 0 radical (unpaired) electrons. The molecule has 172 valence electrons. The normalized spacial score (nSPS) is 11.0. The fraction of sp³-hybridized carbons (Fsp3) is 0.154. The number of nitrogens with one attached hydrogen (secondary N) is 1. The van der Waals surface area contributed by atoms with Crippen LogP contribution in [0.15, 0.2) is 60.8 Å². The number of likely N-dealkylation sites (N-methyl/N-ethyl adjacent to an activating group) is 1. The van der Waals surface area contributed by atoms with Crippen molar-refractivity contribution in [2.45, 2.75) is 19.9 Å². The summed E-state index contributed by atoms with van der Waals surface area (Å²) in [6, 6.07) is 16.3. The Bertz CT molecular complexity index is 1380. The van der Waals surface area contributed by atoms with Gasteiger partial charge in [-0.1, -0.05) is 12.0 Å². The topological polar surface area (TPSA) is 128 Å². The minimum atomic E-state index is -0.470. The fourth-order valence-corrected chi connectivity index (χ4v) is 3.12. The number of primary amides is 1. The second-order valence-corrected chi connectivity index (χ2v) is 7.51. The molecule has 3 aromatic heterocycles. The second-order valence-electron chi connectivity index (χ2n) is 7.51. The number of aldehydes is 1. The van der Waals surface area contributed by atoms with Crippen molar-refractivity contribution in [1.82, 2.24) is 19.7 Å². The third kappa shape index (κ3) is 5.65. The lowest BCUT2D eigenvalue weighted by molar-refractivity contribution is -0.109. The van der Waals surface area contributed by atoms with Crippen molar-refractivity contribution in [2.75, 3.05) is 12.8 Å². The predicted molar refractivity (Wildman–Crippen MR) is 133 cm³/mol. The number of nitrogens with two attached hydrogens (primary N) is 2. The largest absolute Gasteiger partial charge is 0.384 e. The minimum Gasteiger partial charge on any atom is -0.384 e. The van der Waals surface area contributed by atoms with Crippen molar-refractivity contribution in [3.8, 4) is 23.1 Å². The SMILES string of the molecule is CNC(C)C=O.Cc1nc2ccccn2c1-c1ccc(N)nc1C#Cc1ccc(C(N)=O)cc1. The van der Waals surface area contributed by atoms with Gasteiger partial charge in [-0.05, 0) is 75.3 Å². The van der Waals surface area contributed by atoms with Gasteiger partial charge in [-0.25, -0.2) is 9.97 Å². The molecule has 0 saturated carbocycles. The van der Waals surface area contributed by atoms with Gasteiger partial charge in [-0.3, -0.25) is 9.20 Å².